The molecule has 2 aromatic carbocycles. The van der Waals surface area contributed by atoms with Crippen LogP contribution >= 0.6 is 0 Å². The molecule has 1 atom stereocenters. The number of methoxy groups -OCH3 is 1. The third-order valence-corrected chi connectivity index (χ3v) is 5.02. The molecule has 148 valence electrons. The van der Waals surface area contributed by atoms with Gasteiger partial charge in [0.05, 0.1) is 25.8 Å². The minimum Gasteiger partial charge on any atom is -0.497 e. The highest BCUT2D eigenvalue weighted by Gasteiger charge is 2.35. The number of rotatable bonds is 6. The van der Waals surface area contributed by atoms with Crippen molar-refractivity contribution in [2.75, 3.05) is 23.9 Å². The van der Waals surface area contributed by atoms with Gasteiger partial charge in [0.15, 0.2) is 0 Å². The van der Waals surface area contributed by atoms with E-state index in [4.69, 9.17) is 4.74 Å². The molecule has 0 spiro atoms. The van der Waals surface area contributed by atoms with Gasteiger partial charge < -0.3 is 15.0 Å². The molecule has 1 aromatic heterocycles. The molecule has 0 saturated carbocycles. The van der Waals surface area contributed by atoms with Crippen LogP contribution in [0.2, 0.25) is 0 Å². The summed E-state index contributed by atoms with van der Waals surface area (Å²) >= 11 is 0. The molecule has 2 heterocycles. The van der Waals surface area contributed by atoms with Crippen molar-refractivity contribution in [2.24, 2.45) is 5.92 Å². The lowest BCUT2D eigenvalue weighted by atomic mass is 10.1. The Labute approximate surface area is 168 Å². The first-order chi connectivity index (χ1) is 14.1. The molecule has 2 amide bonds. The minimum absolute atomic E-state index is 0.0619. The summed E-state index contributed by atoms with van der Waals surface area (Å²) in [7, 11) is 1.60. The van der Waals surface area contributed by atoms with Crippen LogP contribution < -0.4 is 15.0 Å². The second kappa shape index (κ2) is 8.18. The normalized spacial score (nSPS) is 16.1. The molecule has 1 aliphatic rings. The molecule has 3 aromatic rings. The zero-order chi connectivity index (χ0) is 20.2. The van der Waals surface area contributed by atoms with Gasteiger partial charge >= 0.3 is 0 Å². The molecule has 0 aliphatic carbocycles. The van der Waals surface area contributed by atoms with Crippen molar-refractivity contribution in [1.29, 1.82) is 0 Å². The van der Waals surface area contributed by atoms with Gasteiger partial charge in [-0.25, -0.2) is 4.68 Å². The van der Waals surface area contributed by atoms with E-state index in [2.05, 4.69) is 10.4 Å². The van der Waals surface area contributed by atoms with Crippen molar-refractivity contribution in [3.8, 4) is 5.75 Å². The van der Waals surface area contributed by atoms with E-state index in [-0.39, 0.29) is 18.2 Å². The van der Waals surface area contributed by atoms with Crippen molar-refractivity contribution in [3.05, 3.63) is 72.4 Å². The number of carbonyl (C=O) groups excluding carboxylic acids is 2. The van der Waals surface area contributed by atoms with Crippen LogP contribution in [0.5, 0.6) is 5.75 Å². The molecule has 0 radical (unpaired) electrons. The number of benzene rings is 2. The number of carbonyl (C=O) groups is 2. The highest BCUT2D eigenvalue weighted by molar-refractivity contribution is 6.03. The lowest BCUT2D eigenvalue weighted by molar-refractivity contribution is -0.122. The van der Waals surface area contributed by atoms with Crippen LogP contribution in [0.3, 0.4) is 0 Å². The topological polar surface area (TPSA) is 76.5 Å². The Morgan fingerprint density at radius 1 is 1.14 bits per heavy atom. The van der Waals surface area contributed by atoms with E-state index in [1.807, 2.05) is 42.5 Å². The molecule has 1 saturated heterocycles. The van der Waals surface area contributed by atoms with Gasteiger partial charge in [-0.15, -0.1) is 0 Å². The lowest BCUT2D eigenvalue weighted by Crippen LogP contribution is -2.28. The van der Waals surface area contributed by atoms with E-state index in [1.54, 1.807) is 41.1 Å². The fourth-order valence-electron chi connectivity index (χ4n) is 3.44. The van der Waals surface area contributed by atoms with Crippen LogP contribution in [0.1, 0.15) is 12.0 Å². The molecular formula is C22H22N4O3. The van der Waals surface area contributed by atoms with E-state index in [1.165, 1.54) is 0 Å². The third kappa shape index (κ3) is 4.13. The van der Waals surface area contributed by atoms with E-state index in [0.717, 1.165) is 17.0 Å². The lowest BCUT2D eigenvalue weighted by Gasteiger charge is -2.17. The number of amides is 2. The van der Waals surface area contributed by atoms with Crippen molar-refractivity contribution >= 4 is 23.3 Å². The Hall–Kier alpha value is -3.61. The summed E-state index contributed by atoms with van der Waals surface area (Å²) in [5.74, 6) is 0.692. The zero-order valence-electron chi connectivity index (χ0n) is 16.1. The number of aromatic nitrogens is 2. The molecule has 7 nitrogen and oxygen atoms in total. The van der Waals surface area contributed by atoms with Crippen molar-refractivity contribution in [1.82, 2.24) is 9.78 Å². The van der Waals surface area contributed by atoms with Crippen molar-refractivity contribution < 1.29 is 14.3 Å². The van der Waals surface area contributed by atoms with Gasteiger partial charge in [-0.2, -0.15) is 5.10 Å². The van der Waals surface area contributed by atoms with Crippen molar-refractivity contribution in [3.63, 3.8) is 0 Å². The van der Waals surface area contributed by atoms with E-state index >= 15 is 0 Å². The Morgan fingerprint density at radius 2 is 1.90 bits per heavy atom. The quantitative estimate of drug-likeness (QED) is 0.702. The SMILES string of the molecule is COc1ccc(N2C[C@@H](C(=O)Nc3ccnn3Cc3ccccc3)CC2=O)cc1. The number of hydrogen-bond acceptors (Lipinski definition) is 4. The Balaban J connectivity index is 1.42. The smallest absolute Gasteiger partial charge is 0.230 e. The van der Waals surface area contributed by atoms with Crippen molar-refractivity contribution in [2.45, 2.75) is 13.0 Å². The number of ether oxygens (including phenoxy) is 1. The maximum absolute atomic E-state index is 12.8. The minimum atomic E-state index is -0.412. The number of nitrogens with zero attached hydrogens (tertiary/aromatic N) is 3. The highest BCUT2D eigenvalue weighted by Crippen LogP contribution is 2.27. The third-order valence-electron chi connectivity index (χ3n) is 5.02. The molecule has 1 aliphatic heterocycles. The molecular weight excluding hydrogens is 368 g/mol. The maximum Gasteiger partial charge on any atom is 0.230 e. The highest BCUT2D eigenvalue weighted by atomic mass is 16.5. The summed E-state index contributed by atoms with van der Waals surface area (Å²) in [5.41, 5.74) is 1.86. The summed E-state index contributed by atoms with van der Waals surface area (Å²) in [6.45, 7) is 0.912. The summed E-state index contributed by atoms with van der Waals surface area (Å²) in [4.78, 5) is 26.9. The number of anilines is 2. The van der Waals surface area contributed by atoms with Gasteiger partial charge in [-0.3, -0.25) is 9.59 Å². The fourth-order valence-corrected chi connectivity index (χ4v) is 3.44. The molecule has 0 unspecified atom stereocenters. The van der Waals surface area contributed by atoms with Crippen LogP contribution in [0.4, 0.5) is 11.5 Å². The van der Waals surface area contributed by atoms with Gasteiger partial charge in [-0.1, -0.05) is 30.3 Å². The average Bonchev–Trinajstić information content (AvgIpc) is 3.35. The number of nitrogens with one attached hydrogen (secondary N) is 1. The molecule has 0 bridgehead atoms. The van der Waals surface area contributed by atoms with Gasteiger partial charge in [0.25, 0.3) is 0 Å². The molecule has 29 heavy (non-hydrogen) atoms. The van der Waals surface area contributed by atoms with Gasteiger partial charge in [0.2, 0.25) is 11.8 Å². The standard InChI is InChI=1S/C22H22N4O3/c1-29-19-9-7-18(8-10-19)25-15-17(13-21(25)27)22(28)24-20-11-12-23-26(20)14-16-5-3-2-4-6-16/h2-12,17H,13-15H2,1H3,(H,24,28)/t17-/m0/s1. The maximum atomic E-state index is 12.8. The van der Waals surface area contributed by atoms with E-state index < -0.39 is 5.92 Å². The second-order valence-corrected chi connectivity index (χ2v) is 6.95. The Bertz CT molecular complexity index is 998. The number of hydrogen-bond donors (Lipinski definition) is 1. The molecule has 1 fully saturated rings. The first kappa shape index (κ1) is 18.7. The first-order valence-corrected chi connectivity index (χ1v) is 9.45. The molecule has 4 rings (SSSR count). The van der Waals surface area contributed by atoms with Crippen LogP contribution in [-0.2, 0) is 16.1 Å². The van der Waals surface area contributed by atoms with Crippen LogP contribution in [0.15, 0.2) is 66.9 Å². The fraction of sp³-hybridized carbons (Fsp3) is 0.227. The van der Waals surface area contributed by atoms with Crippen LogP contribution in [0.25, 0.3) is 0 Å². The largest absolute Gasteiger partial charge is 0.497 e. The molecule has 7 heteroatoms. The van der Waals surface area contributed by atoms with Gasteiger partial charge in [0.1, 0.15) is 11.6 Å². The summed E-state index contributed by atoms with van der Waals surface area (Å²) in [5, 5.41) is 7.22. The predicted octanol–water partition coefficient (Wildman–Crippen LogP) is 2.93. The first-order valence-electron chi connectivity index (χ1n) is 9.45. The summed E-state index contributed by atoms with van der Waals surface area (Å²) in [6.07, 6.45) is 1.84. The zero-order valence-corrected chi connectivity index (χ0v) is 16.1. The second-order valence-electron chi connectivity index (χ2n) is 6.95. The van der Waals surface area contributed by atoms with Crippen LogP contribution in [0, 0.1) is 5.92 Å². The summed E-state index contributed by atoms with van der Waals surface area (Å²) in [6, 6.07) is 18.9. The summed E-state index contributed by atoms with van der Waals surface area (Å²) < 4.78 is 6.90. The predicted molar refractivity (Wildman–Crippen MR) is 110 cm³/mol. The van der Waals surface area contributed by atoms with E-state index in [0.29, 0.717) is 18.9 Å². The molecule has 1 N–H and O–H groups in total. The average molecular weight is 390 g/mol. The van der Waals surface area contributed by atoms with Gasteiger partial charge in [-0.05, 0) is 29.8 Å². The monoisotopic (exact) mass is 390 g/mol. The van der Waals surface area contributed by atoms with Gasteiger partial charge in [0, 0.05) is 24.7 Å². The Morgan fingerprint density at radius 3 is 2.62 bits per heavy atom. The van der Waals surface area contributed by atoms with E-state index in [9.17, 15) is 9.59 Å². The Kier molecular flexibility index (Phi) is 5.29. The van der Waals surface area contributed by atoms with Crippen LogP contribution in [-0.4, -0.2) is 35.2 Å².